The summed E-state index contributed by atoms with van der Waals surface area (Å²) < 4.78 is 22.7. The van der Waals surface area contributed by atoms with E-state index in [0.29, 0.717) is 45.1 Å². The highest BCUT2D eigenvalue weighted by atomic mass is 16.6. The van der Waals surface area contributed by atoms with Gasteiger partial charge in [0.15, 0.2) is 0 Å². The standard InChI is InChI=1S/C48H91NO8/c1-7-10-13-16-19-26-33-42(4)55-46(51)37-30-23-22-29-36-45(50)54-41-44(40-49(5)6)57-48(53)39-32-25-24-31-38-47(52)56-43(34-27-20-17-14-11-8-2)35-28-21-18-15-12-9-3/h42-44H,7-41H2,1-6H3. The number of carbonyl (C=O) groups excluding carboxylic acids is 4. The highest BCUT2D eigenvalue weighted by Crippen LogP contribution is 2.19. The van der Waals surface area contributed by atoms with Crippen molar-refractivity contribution >= 4 is 23.9 Å². The average molecular weight is 810 g/mol. The van der Waals surface area contributed by atoms with Crippen LogP contribution in [0.5, 0.6) is 0 Å². The van der Waals surface area contributed by atoms with Gasteiger partial charge in [-0.2, -0.15) is 0 Å². The number of ether oxygens (including phenoxy) is 4. The van der Waals surface area contributed by atoms with Crippen LogP contribution in [0.3, 0.4) is 0 Å². The Kier molecular flexibility index (Phi) is 39.1. The molecular formula is C48H91NO8. The first kappa shape index (κ1) is 54.8. The Balaban J connectivity index is 4.23. The molecule has 2 atom stereocenters. The van der Waals surface area contributed by atoms with Crippen molar-refractivity contribution in [3.63, 3.8) is 0 Å². The Morgan fingerprint density at radius 1 is 0.404 bits per heavy atom. The number of hydrogen-bond acceptors (Lipinski definition) is 9. The Hall–Kier alpha value is -2.16. The van der Waals surface area contributed by atoms with E-state index in [0.717, 1.165) is 77.0 Å². The van der Waals surface area contributed by atoms with E-state index >= 15 is 0 Å². The second kappa shape index (κ2) is 40.6. The monoisotopic (exact) mass is 810 g/mol. The minimum atomic E-state index is -0.527. The van der Waals surface area contributed by atoms with Gasteiger partial charge in [-0.15, -0.1) is 0 Å². The predicted molar refractivity (Wildman–Crippen MR) is 234 cm³/mol. The number of hydrogen-bond donors (Lipinski definition) is 0. The van der Waals surface area contributed by atoms with Crippen molar-refractivity contribution in [3.8, 4) is 0 Å². The van der Waals surface area contributed by atoms with Crippen LogP contribution in [0.2, 0.25) is 0 Å². The lowest BCUT2D eigenvalue weighted by atomic mass is 10.0. The molecule has 0 saturated heterocycles. The summed E-state index contributed by atoms with van der Waals surface area (Å²) in [7, 11) is 3.79. The molecule has 2 unspecified atom stereocenters. The third kappa shape index (κ3) is 39.1. The van der Waals surface area contributed by atoms with E-state index in [-0.39, 0.29) is 42.7 Å². The minimum Gasteiger partial charge on any atom is -0.463 e. The Morgan fingerprint density at radius 2 is 0.737 bits per heavy atom. The minimum absolute atomic E-state index is 0.0279. The number of nitrogens with zero attached hydrogens (tertiary/aromatic N) is 1. The smallest absolute Gasteiger partial charge is 0.306 e. The summed E-state index contributed by atoms with van der Waals surface area (Å²) in [5.74, 6) is -0.807. The van der Waals surface area contributed by atoms with Crippen LogP contribution in [0.25, 0.3) is 0 Å². The molecule has 0 N–H and O–H groups in total. The van der Waals surface area contributed by atoms with Gasteiger partial charge in [0.2, 0.25) is 0 Å². The first-order valence-electron chi connectivity index (χ1n) is 24.0. The molecule has 0 aliphatic heterocycles. The van der Waals surface area contributed by atoms with Crippen LogP contribution < -0.4 is 0 Å². The van der Waals surface area contributed by atoms with Gasteiger partial charge in [-0.05, 0) is 85.2 Å². The van der Waals surface area contributed by atoms with Crippen LogP contribution >= 0.6 is 0 Å². The van der Waals surface area contributed by atoms with Crippen molar-refractivity contribution in [1.29, 1.82) is 0 Å². The number of rotatable bonds is 42. The highest BCUT2D eigenvalue weighted by Gasteiger charge is 2.19. The summed E-state index contributed by atoms with van der Waals surface area (Å²) in [6.45, 7) is 9.18. The van der Waals surface area contributed by atoms with Crippen molar-refractivity contribution in [2.24, 2.45) is 0 Å². The molecule has 0 amide bonds. The summed E-state index contributed by atoms with van der Waals surface area (Å²) in [4.78, 5) is 51.9. The van der Waals surface area contributed by atoms with E-state index in [2.05, 4.69) is 20.8 Å². The van der Waals surface area contributed by atoms with E-state index in [1.54, 1.807) is 0 Å². The summed E-state index contributed by atoms with van der Waals surface area (Å²) in [6, 6.07) is 0. The van der Waals surface area contributed by atoms with Crippen LogP contribution in [-0.4, -0.2) is 74.3 Å². The van der Waals surface area contributed by atoms with E-state index < -0.39 is 6.10 Å². The van der Waals surface area contributed by atoms with Crippen molar-refractivity contribution in [3.05, 3.63) is 0 Å². The molecule has 9 heteroatoms. The van der Waals surface area contributed by atoms with E-state index in [4.69, 9.17) is 18.9 Å². The molecule has 0 fully saturated rings. The van der Waals surface area contributed by atoms with Crippen molar-refractivity contribution in [1.82, 2.24) is 4.90 Å². The second-order valence-electron chi connectivity index (χ2n) is 17.0. The van der Waals surface area contributed by atoms with E-state index in [9.17, 15) is 19.2 Å². The topological polar surface area (TPSA) is 108 Å². The highest BCUT2D eigenvalue weighted by molar-refractivity contribution is 5.71. The summed E-state index contributed by atoms with van der Waals surface area (Å²) >= 11 is 0. The van der Waals surface area contributed by atoms with Gasteiger partial charge >= 0.3 is 23.9 Å². The zero-order valence-electron chi connectivity index (χ0n) is 38.2. The van der Waals surface area contributed by atoms with Crippen molar-refractivity contribution in [2.75, 3.05) is 27.2 Å². The molecule has 0 spiro atoms. The maximum atomic E-state index is 12.7. The molecule has 0 aromatic heterocycles. The van der Waals surface area contributed by atoms with Gasteiger partial charge in [-0.25, -0.2) is 0 Å². The normalized spacial score (nSPS) is 12.5. The first-order valence-corrected chi connectivity index (χ1v) is 24.0. The third-order valence-electron chi connectivity index (χ3n) is 10.7. The van der Waals surface area contributed by atoms with Crippen LogP contribution in [0.4, 0.5) is 0 Å². The number of esters is 4. The number of likely N-dealkylation sites (N-methyl/N-ethyl adjacent to an activating group) is 1. The zero-order chi connectivity index (χ0) is 42.2. The summed E-state index contributed by atoms with van der Waals surface area (Å²) in [5, 5.41) is 0. The molecule has 0 heterocycles. The van der Waals surface area contributed by atoms with E-state index in [1.807, 2.05) is 25.9 Å². The summed E-state index contributed by atoms with van der Waals surface area (Å²) in [6.07, 6.45) is 32.4. The fourth-order valence-electron chi connectivity index (χ4n) is 7.18. The maximum Gasteiger partial charge on any atom is 0.306 e. The lowest BCUT2D eigenvalue weighted by Gasteiger charge is -2.21. The Morgan fingerprint density at radius 3 is 1.16 bits per heavy atom. The largest absolute Gasteiger partial charge is 0.463 e. The fourth-order valence-corrected chi connectivity index (χ4v) is 7.18. The van der Waals surface area contributed by atoms with Gasteiger partial charge in [0, 0.05) is 32.2 Å². The van der Waals surface area contributed by atoms with Gasteiger partial charge < -0.3 is 23.8 Å². The molecule has 0 bridgehead atoms. The SMILES string of the molecule is CCCCCCCCC(C)OC(=O)CCCCCCC(=O)OCC(CN(C)C)OC(=O)CCCCCCC(=O)OC(CCCCCCCC)CCCCCCCC. The second-order valence-corrected chi connectivity index (χ2v) is 17.0. The molecule has 0 aromatic rings. The van der Waals surface area contributed by atoms with Gasteiger partial charge in [-0.1, -0.05) is 143 Å². The van der Waals surface area contributed by atoms with Crippen LogP contribution in [0.1, 0.15) is 240 Å². The quantitative estimate of drug-likeness (QED) is 0.0338. The zero-order valence-corrected chi connectivity index (χ0v) is 38.2. The Bertz CT molecular complexity index is 941. The van der Waals surface area contributed by atoms with Gasteiger partial charge in [0.25, 0.3) is 0 Å². The maximum absolute atomic E-state index is 12.7. The molecule has 336 valence electrons. The fraction of sp³-hybridized carbons (Fsp3) is 0.917. The molecule has 0 radical (unpaired) electrons. The van der Waals surface area contributed by atoms with Gasteiger partial charge in [-0.3, -0.25) is 19.2 Å². The molecule has 0 saturated carbocycles. The van der Waals surface area contributed by atoms with Gasteiger partial charge in [0.05, 0.1) is 6.10 Å². The molecular weight excluding hydrogens is 719 g/mol. The first-order chi connectivity index (χ1) is 27.6. The van der Waals surface area contributed by atoms with Gasteiger partial charge in [0.1, 0.15) is 18.8 Å². The molecule has 0 aliphatic rings. The molecule has 0 aromatic carbocycles. The Labute approximate surface area is 351 Å². The predicted octanol–water partition coefficient (Wildman–Crippen LogP) is 12.8. The van der Waals surface area contributed by atoms with Crippen LogP contribution in [0.15, 0.2) is 0 Å². The van der Waals surface area contributed by atoms with Crippen LogP contribution in [-0.2, 0) is 38.1 Å². The molecule has 57 heavy (non-hydrogen) atoms. The molecule has 0 rings (SSSR count). The van der Waals surface area contributed by atoms with Crippen LogP contribution in [0, 0.1) is 0 Å². The lowest BCUT2D eigenvalue weighted by Crippen LogP contribution is -2.34. The molecule has 9 nitrogen and oxygen atoms in total. The average Bonchev–Trinajstić information content (AvgIpc) is 3.17. The van der Waals surface area contributed by atoms with Crippen molar-refractivity contribution in [2.45, 2.75) is 258 Å². The van der Waals surface area contributed by atoms with Crippen molar-refractivity contribution < 1.29 is 38.1 Å². The number of carbonyl (C=O) groups is 4. The lowest BCUT2D eigenvalue weighted by molar-refractivity contribution is -0.160. The molecule has 0 aliphatic carbocycles. The third-order valence-corrected chi connectivity index (χ3v) is 10.7. The summed E-state index contributed by atoms with van der Waals surface area (Å²) in [5.41, 5.74) is 0. The number of unbranched alkanes of at least 4 members (excludes halogenated alkanes) is 21. The van der Waals surface area contributed by atoms with E-state index in [1.165, 1.54) is 96.3 Å².